The van der Waals surface area contributed by atoms with Gasteiger partial charge in [0.2, 0.25) is 11.0 Å². The first-order valence-electron chi connectivity index (χ1n) is 7.05. The number of benzene rings is 1. The molecule has 0 saturated carbocycles. The molecular formula is C14H12N6OS2. The SMILES string of the molecule is CCSc1nnc2c3ccccc3n(Cc3n[nH]c(=S)o3)c2n1. The van der Waals surface area contributed by atoms with Gasteiger partial charge in [-0.3, -0.25) is 0 Å². The molecule has 0 atom stereocenters. The minimum absolute atomic E-state index is 0.260. The van der Waals surface area contributed by atoms with Crippen molar-refractivity contribution in [3.05, 3.63) is 35.0 Å². The molecule has 7 nitrogen and oxygen atoms in total. The first-order chi connectivity index (χ1) is 11.3. The molecule has 0 aliphatic rings. The molecule has 0 radical (unpaired) electrons. The molecule has 116 valence electrons. The largest absolute Gasteiger partial charge is 0.412 e. The lowest BCUT2D eigenvalue weighted by Gasteiger charge is -2.03. The van der Waals surface area contributed by atoms with E-state index < -0.39 is 0 Å². The molecule has 0 saturated heterocycles. The lowest BCUT2D eigenvalue weighted by Crippen LogP contribution is -2.02. The summed E-state index contributed by atoms with van der Waals surface area (Å²) in [5.41, 5.74) is 2.54. The monoisotopic (exact) mass is 344 g/mol. The zero-order chi connectivity index (χ0) is 15.8. The summed E-state index contributed by atoms with van der Waals surface area (Å²) in [7, 11) is 0. The normalized spacial score (nSPS) is 11.5. The smallest absolute Gasteiger partial charge is 0.284 e. The van der Waals surface area contributed by atoms with E-state index in [0.29, 0.717) is 17.6 Å². The van der Waals surface area contributed by atoms with Gasteiger partial charge >= 0.3 is 0 Å². The summed E-state index contributed by atoms with van der Waals surface area (Å²) in [4.78, 5) is 4.91. The van der Waals surface area contributed by atoms with Gasteiger partial charge in [0.25, 0.3) is 4.84 Å². The maximum Gasteiger partial charge on any atom is 0.284 e. The number of H-pyrrole nitrogens is 1. The Kier molecular flexibility index (Phi) is 3.58. The fourth-order valence-corrected chi connectivity index (χ4v) is 3.15. The molecule has 0 aliphatic carbocycles. The maximum absolute atomic E-state index is 5.39. The number of nitrogens with one attached hydrogen (secondary N) is 1. The Morgan fingerprint density at radius 1 is 1.30 bits per heavy atom. The third-order valence-corrected chi connectivity index (χ3v) is 4.30. The molecule has 23 heavy (non-hydrogen) atoms. The van der Waals surface area contributed by atoms with Crippen molar-refractivity contribution in [1.29, 1.82) is 0 Å². The Hall–Kier alpha value is -2.26. The van der Waals surface area contributed by atoms with Gasteiger partial charge in [-0.1, -0.05) is 36.9 Å². The summed E-state index contributed by atoms with van der Waals surface area (Å²) >= 11 is 6.50. The van der Waals surface area contributed by atoms with Gasteiger partial charge in [0, 0.05) is 5.39 Å². The van der Waals surface area contributed by atoms with Crippen LogP contribution in [-0.4, -0.2) is 35.7 Å². The van der Waals surface area contributed by atoms with Gasteiger partial charge < -0.3 is 8.98 Å². The van der Waals surface area contributed by atoms with Gasteiger partial charge in [-0.2, -0.15) is 0 Å². The highest BCUT2D eigenvalue weighted by molar-refractivity contribution is 7.99. The molecule has 9 heteroatoms. The van der Waals surface area contributed by atoms with Gasteiger partial charge in [-0.15, -0.1) is 15.3 Å². The first kappa shape index (κ1) is 14.3. The minimum Gasteiger partial charge on any atom is -0.412 e. The van der Waals surface area contributed by atoms with E-state index in [1.165, 1.54) is 0 Å². The van der Waals surface area contributed by atoms with Crippen molar-refractivity contribution in [2.75, 3.05) is 5.75 Å². The number of fused-ring (bicyclic) bond motifs is 3. The third-order valence-electron chi connectivity index (χ3n) is 3.40. The summed E-state index contributed by atoms with van der Waals surface area (Å²) in [5.74, 6) is 1.39. The minimum atomic E-state index is 0.260. The number of thioether (sulfide) groups is 1. The van der Waals surface area contributed by atoms with E-state index in [9.17, 15) is 0 Å². The van der Waals surface area contributed by atoms with Crippen LogP contribution in [0.2, 0.25) is 0 Å². The third kappa shape index (κ3) is 2.51. The van der Waals surface area contributed by atoms with Crippen LogP contribution < -0.4 is 0 Å². The highest BCUT2D eigenvalue weighted by atomic mass is 32.2. The Bertz CT molecular complexity index is 1050. The van der Waals surface area contributed by atoms with Crippen LogP contribution >= 0.6 is 24.0 Å². The standard InChI is InChI=1S/C14H12N6OS2/c1-2-23-13-15-12-11(17-18-13)8-5-3-4-6-9(8)20(12)7-10-16-19-14(22)21-10/h3-6H,2,7H2,1H3,(H,19,22). The average molecular weight is 344 g/mol. The average Bonchev–Trinajstić information content (AvgIpc) is 3.11. The number of nitrogens with zero attached hydrogens (tertiary/aromatic N) is 5. The van der Waals surface area contributed by atoms with Crippen molar-refractivity contribution < 1.29 is 4.42 Å². The van der Waals surface area contributed by atoms with Crippen molar-refractivity contribution in [3.63, 3.8) is 0 Å². The Morgan fingerprint density at radius 3 is 2.96 bits per heavy atom. The summed E-state index contributed by atoms with van der Waals surface area (Å²) in [6, 6.07) is 7.99. The summed E-state index contributed by atoms with van der Waals surface area (Å²) in [6.45, 7) is 2.48. The van der Waals surface area contributed by atoms with Crippen molar-refractivity contribution in [2.24, 2.45) is 0 Å². The molecule has 3 aromatic heterocycles. The number of hydrogen-bond donors (Lipinski definition) is 1. The van der Waals surface area contributed by atoms with E-state index >= 15 is 0 Å². The van der Waals surface area contributed by atoms with E-state index in [1.54, 1.807) is 11.8 Å². The summed E-state index contributed by atoms with van der Waals surface area (Å²) < 4.78 is 7.41. The van der Waals surface area contributed by atoms with Crippen LogP contribution in [0.1, 0.15) is 12.8 Å². The molecular weight excluding hydrogens is 332 g/mol. The summed E-state index contributed by atoms with van der Waals surface area (Å²) in [5, 5.41) is 16.9. The van der Waals surface area contributed by atoms with E-state index in [0.717, 1.165) is 27.8 Å². The number of aromatic nitrogens is 6. The highest BCUT2D eigenvalue weighted by Crippen LogP contribution is 2.27. The van der Waals surface area contributed by atoms with Crippen molar-refractivity contribution >= 4 is 46.0 Å². The molecule has 1 aromatic carbocycles. The van der Waals surface area contributed by atoms with E-state index in [-0.39, 0.29) is 4.84 Å². The Morgan fingerprint density at radius 2 is 2.17 bits per heavy atom. The zero-order valence-electron chi connectivity index (χ0n) is 12.2. The number of hydrogen-bond acceptors (Lipinski definition) is 7. The van der Waals surface area contributed by atoms with Crippen LogP contribution in [0.4, 0.5) is 0 Å². The second-order valence-corrected chi connectivity index (χ2v) is 6.41. The van der Waals surface area contributed by atoms with Crippen LogP contribution in [0, 0.1) is 4.84 Å². The van der Waals surface area contributed by atoms with Crippen LogP contribution in [0.3, 0.4) is 0 Å². The predicted octanol–water partition coefficient (Wildman–Crippen LogP) is 3.19. The lowest BCUT2D eigenvalue weighted by atomic mass is 10.2. The lowest BCUT2D eigenvalue weighted by molar-refractivity contribution is 0.471. The van der Waals surface area contributed by atoms with E-state index in [4.69, 9.17) is 16.6 Å². The maximum atomic E-state index is 5.39. The molecule has 0 aliphatic heterocycles. The van der Waals surface area contributed by atoms with Gasteiger partial charge in [0.1, 0.15) is 12.1 Å². The zero-order valence-corrected chi connectivity index (χ0v) is 13.8. The van der Waals surface area contributed by atoms with Crippen LogP contribution in [0.15, 0.2) is 33.8 Å². The van der Waals surface area contributed by atoms with E-state index in [2.05, 4.69) is 32.3 Å². The van der Waals surface area contributed by atoms with Gasteiger partial charge in [0.05, 0.1) is 5.52 Å². The quantitative estimate of drug-likeness (QED) is 0.449. The van der Waals surface area contributed by atoms with Crippen molar-refractivity contribution in [3.8, 4) is 0 Å². The molecule has 0 fully saturated rings. The second kappa shape index (κ2) is 5.74. The van der Waals surface area contributed by atoms with Gasteiger partial charge in [-0.25, -0.2) is 10.1 Å². The molecule has 4 rings (SSSR count). The number of para-hydroxylation sites is 1. The fraction of sp³-hybridized carbons (Fsp3) is 0.214. The topological polar surface area (TPSA) is 85.4 Å². The molecule has 1 N–H and O–H groups in total. The molecule has 0 unspecified atom stereocenters. The number of aromatic amines is 1. The van der Waals surface area contributed by atoms with Crippen LogP contribution in [-0.2, 0) is 6.54 Å². The van der Waals surface area contributed by atoms with Crippen molar-refractivity contribution in [1.82, 2.24) is 29.9 Å². The highest BCUT2D eigenvalue weighted by Gasteiger charge is 2.16. The van der Waals surface area contributed by atoms with Crippen LogP contribution in [0.25, 0.3) is 22.1 Å². The van der Waals surface area contributed by atoms with Crippen LogP contribution in [0.5, 0.6) is 0 Å². The number of rotatable bonds is 4. The molecule has 0 amide bonds. The van der Waals surface area contributed by atoms with Gasteiger partial charge in [0.15, 0.2) is 5.65 Å². The molecule has 0 spiro atoms. The molecule has 4 aromatic rings. The Labute approximate surface area is 140 Å². The second-order valence-electron chi connectivity index (χ2n) is 4.81. The molecule has 0 bridgehead atoms. The molecule has 3 heterocycles. The van der Waals surface area contributed by atoms with Crippen molar-refractivity contribution in [2.45, 2.75) is 18.6 Å². The summed E-state index contributed by atoms with van der Waals surface area (Å²) in [6.07, 6.45) is 0. The van der Waals surface area contributed by atoms with Gasteiger partial charge in [-0.05, 0) is 24.0 Å². The predicted molar refractivity (Wildman–Crippen MR) is 90.0 cm³/mol. The Balaban J connectivity index is 1.96. The van der Waals surface area contributed by atoms with E-state index in [1.807, 2.05) is 28.8 Å². The fourth-order valence-electron chi connectivity index (χ4n) is 2.50. The first-order valence-corrected chi connectivity index (χ1v) is 8.44.